The lowest BCUT2D eigenvalue weighted by molar-refractivity contribution is -0.119. The van der Waals surface area contributed by atoms with Crippen LogP contribution in [0.1, 0.15) is 45.1 Å². The van der Waals surface area contributed by atoms with Gasteiger partial charge in [0.05, 0.1) is 6.54 Å². The van der Waals surface area contributed by atoms with Crippen LogP contribution in [-0.4, -0.2) is 19.0 Å². The maximum atomic E-state index is 11.5. The van der Waals surface area contributed by atoms with Gasteiger partial charge in [-0.3, -0.25) is 4.79 Å². The fourth-order valence-corrected chi connectivity index (χ4v) is 1.82. The first-order valence-electron chi connectivity index (χ1n) is 7.35. The predicted molar refractivity (Wildman–Crippen MR) is 81.5 cm³/mol. The summed E-state index contributed by atoms with van der Waals surface area (Å²) in [6.45, 7) is 5.43. The maximum Gasteiger partial charge on any atom is 0.239 e. The summed E-state index contributed by atoms with van der Waals surface area (Å²) in [5, 5.41) is 6.03. The number of carbonyl (C=O) groups excluding carboxylic acids is 1. The van der Waals surface area contributed by atoms with Gasteiger partial charge in [-0.1, -0.05) is 38.8 Å². The molecule has 1 aromatic rings. The summed E-state index contributed by atoms with van der Waals surface area (Å²) in [6.07, 6.45) is 5.73. The highest BCUT2D eigenvalue weighted by molar-refractivity contribution is 5.80. The van der Waals surface area contributed by atoms with Crippen molar-refractivity contribution in [3.05, 3.63) is 29.8 Å². The van der Waals surface area contributed by atoms with Crippen molar-refractivity contribution >= 4 is 11.6 Å². The zero-order chi connectivity index (χ0) is 13.9. The minimum absolute atomic E-state index is 0.0588. The number of hydrogen-bond acceptors (Lipinski definition) is 2. The standard InChI is InChI=1S/C16H26N2O/c1-3-5-7-14-8-10-15(11-9-14)18-13-16(19)17-12-6-4-2/h8-11,18H,3-7,12-13H2,1-2H3,(H,17,19). The van der Waals surface area contributed by atoms with Crippen molar-refractivity contribution in [3.8, 4) is 0 Å². The maximum absolute atomic E-state index is 11.5. The molecule has 19 heavy (non-hydrogen) atoms. The van der Waals surface area contributed by atoms with Gasteiger partial charge in [0.25, 0.3) is 0 Å². The number of benzene rings is 1. The fourth-order valence-electron chi connectivity index (χ4n) is 1.82. The van der Waals surface area contributed by atoms with E-state index in [2.05, 4.69) is 36.6 Å². The second kappa shape index (κ2) is 9.42. The molecule has 2 N–H and O–H groups in total. The summed E-state index contributed by atoms with van der Waals surface area (Å²) in [7, 11) is 0. The van der Waals surface area contributed by atoms with Crippen LogP contribution in [-0.2, 0) is 11.2 Å². The number of unbranched alkanes of at least 4 members (excludes halogenated alkanes) is 2. The zero-order valence-electron chi connectivity index (χ0n) is 12.2. The van der Waals surface area contributed by atoms with E-state index in [-0.39, 0.29) is 5.91 Å². The molecule has 0 saturated heterocycles. The van der Waals surface area contributed by atoms with Gasteiger partial charge in [-0.25, -0.2) is 0 Å². The molecule has 0 spiro atoms. The topological polar surface area (TPSA) is 41.1 Å². The van der Waals surface area contributed by atoms with E-state index in [9.17, 15) is 4.79 Å². The van der Waals surface area contributed by atoms with Crippen molar-refractivity contribution in [3.63, 3.8) is 0 Å². The average Bonchev–Trinajstić information content (AvgIpc) is 2.44. The Balaban J connectivity index is 2.27. The van der Waals surface area contributed by atoms with Crippen molar-refractivity contribution < 1.29 is 4.79 Å². The number of rotatable bonds is 9. The number of amides is 1. The van der Waals surface area contributed by atoms with Crippen molar-refractivity contribution in [2.24, 2.45) is 0 Å². The van der Waals surface area contributed by atoms with Gasteiger partial charge < -0.3 is 10.6 Å². The lowest BCUT2D eigenvalue weighted by Gasteiger charge is -2.08. The largest absolute Gasteiger partial charge is 0.376 e. The smallest absolute Gasteiger partial charge is 0.239 e. The monoisotopic (exact) mass is 262 g/mol. The Morgan fingerprint density at radius 3 is 2.37 bits per heavy atom. The predicted octanol–water partition coefficient (Wildman–Crippen LogP) is 3.36. The molecular formula is C16H26N2O. The van der Waals surface area contributed by atoms with Crippen molar-refractivity contribution in [1.82, 2.24) is 5.32 Å². The van der Waals surface area contributed by atoms with E-state index in [1.807, 2.05) is 12.1 Å². The fraction of sp³-hybridized carbons (Fsp3) is 0.562. The Labute approximate surface area is 116 Å². The molecule has 1 amide bonds. The van der Waals surface area contributed by atoms with Gasteiger partial charge in [0.1, 0.15) is 0 Å². The molecule has 0 atom stereocenters. The molecule has 0 heterocycles. The first-order chi connectivity index (χ1) is 9.26. The van der Waals surface area contributed by atoms with Crippen molar-refractivity contribution in [2.75, 3.05) is 18.4 Å². The molecule has 1 rings (SSSR count). The molecule has 3 nitrogen and oxygen atoms in total. The van der Waals surface area contributed by atoms with E-state index < -0.39 is 0 Å². The lowest BCUT2D eigenvalue weighted by Crippen LogP contribution is -2.30. The van der Waals surface area contributed by atoms with Crippen molar-refractivity contribution in [1.29, 1.82) is 0 Å². The highest BCUT2D eigenvalue weighted by Crippen LogP contribution is 2.11. The number of carbonyl (C=O) groups is 1. The Morgan fingerprint density at radius 1 is 1.05 bits per heavy atom. The van der Waals surface area contributed by atoms with Crippen LogP contribution in [0, 0.1) is 0 Å². The molecule has 106 valence electrons. The molecule has 0 fully saturated rings. The molecule has 0 aliphatic heterocycles. The molecule has 0 aliphatic carbocycles. The summed E-state index contributed by atoms with van der Waals surface area (Å²) in [5.74, 6) is 0.0588. The number of aryl methyl sites for hydroxylation is 1. The van der Waals surface area contributed by atoms with Crippen LogP contribution in [0.4, 0.5) is 5.69 Å². The third-order valence-electron chi connectivity index (χ3n) is 3.08. The second-order valence-electron chi connectivity index (χ2n) is 4.86. The van der Waals surface area contributed by atoms with E-state index in [4.69, 9.17) is 0 Å². The first-order valence-corrected chi connectivity index (χ1v) is 7.35. The van der Waals surface area contributed by atoms with E-state index >= 15 is 0 Å². The van der Waals surface area contributed by atoms with Gasteiger partial charge >= 0.3 is 0 Å². The van der Waals surface area contributed by atoms with Crippen LogP contribution < -0.4 is 10.6 Å². The highest BCUT2D eigenvalue weighted by Gasteiger charge is 2.00. The molecule has 0 aromatic heterocycles. The third-order valence-corrected chi connectivity index (χ3v) is 3.08. The number of nitrogens with one attached hydrogen (secondary N) is 2. The highest BCUT2D eigenvalue weighted by atomic mass is 16.1. The summed E-state index contributed by atoms with van der Waals surface area (Å²) >= 11 is 0. The SMILES string of the molecule is CCCCNC(=O)CNc1ccc(CCCC)cc1. The Bertz CT molecular complexity index is 360. The summed E-state index contributed by atoms with van der Waals surface area (Å²) < 4.78 is 0. The molecule has 1 aromatic carbocycles. The normalized spacial score (nSPS) is 10.2. The zero-order valence-corrected chi connectivity index (χ0v) is 12.2. The van der Waals surface area contributed by atoms with Gasteiger partial charge in [-0.15, -0.1) is 0 Å². The molecule has 0 saturated carbocycles. The second-order valence-corrected chi connectivity index (χ2v) is 4.86. The molecule has 0 bridgehead atoms. The van der Waals surface area contributed by atoms with Crippen LogP contribution in [0.5, 0.6) is 0 Å². The van der Waals surface area contributed by atoms with Gasteiger partial charge in [0.15, 0.2) is 0 Å². The molecular weight excluding hydrogens is 236 g/mol. The van der Waals surface area contributed by atoms with Gasteiger partial charge in [0.2, 0.25) is 5.91 Å². The number of anilines is 1. The first kappa shape index (κ1) is 15.5. The molecule has 3 heteroatoms. The summed E-state index contributed by atoms with van der Waals surface area (Å²) in [5.41, 5.74) is 2.37. The van der Waals surface area contributed by atoms with Gasteiger partial charge in [0, 0.05) is 12.2 Å². The van der Waals surface area contributed by atoms with E-state index in [1.54, 1.807) is 0 Å². The third kappa shape index (κ3) is 6.85. The summed E-state index contributed by atoms with van der Waals surface area (Å²) in [6, 6.07) is 8.36. The quantitative estimate of drug-likeness (QED) is 0.670. The van der Waals surface area contributed by atoms with Crippen LogP contribution in [0.15, 0.2) is 24.3 Å². The van der Waals surface area contributed by atoms with Crippen LogP contribution in [0.3, 0.4) is 0 Å². The van der Waals surface area contributed by atoms with Crippen molar-refractivity contribution in [2.45, 2.75) is 46.0 Å². The van der Waals surface area contributed by atoms with E-state index in [0.717, 1.165) is 31.5 Å². The lowest BCUT2D eigenvalue weighted by atomic mass is 10.1. The molecule has 0 aliphatic rings. The Kier molecular flexibility index (Phi) is 7.71. The summed E-state index contributed by atoms with van der Waals surface area (Å²) in [4.78, 5) is 11.5. The molecule has 0 radical (unpaired) electrons. The van der Waals surface area contributed by atoms with Gasteiger partial charge in [-0.05, 0) is 37.0 Å². The van der Waals surface area contributed by atoms with Gasteiger partial charge in [-0.2, -0.15) is 0 Å². The number of hydrogen-bond donors (Lipinski definition) is 2. The average molecular weight is 262 g/mol. The molecule has 0 unspecified atom stereocenters. The minimum Gasteiger partial charge on any atom is -0.376 e. The van der Waals surface area contributed by atoms with E-state index in [0.29, 0.717) is 6.54 Å². The Hall–Kier alpha value is -1.51. The van der Waals surface area contributed by atoms with E-state index in [1.165, 1.54) is 18.4 Å². The van der Waals surface area contributed by atoms with Crippen LogP contribution in [0.25, 0.3) is 0 Å². The van der Waals surface area contributed by atoms with Crippen LogP contribution in [0.2, 0.25) is 0 Å². The van der Waals surface area contributed by atoms with Crippen LogP contribution >= 0.6 is 0 Å². The Morgan fingerprint density at radius 2 is 1.74 bits per heavy atom. The minimum atomic E-state index is 0.0588.